The van der Waals surface area contributed by atoms with Crippen molar-refractivity contribution in [2.75, 3.05) is 6.61 Å². The van der Waals surface area contributed by atoms with E-state index >= 15 is 0 Å². The van der Waals surface area contributed by atoms with Crippen LogP contribution < -0.4 is 0 Å². The van der Waals surface area contributed by atoms with Crippen molar-refractivity contribution in [3.8, 4) is 0 Å². The highest BCUT2D eigenvalue weighted by Gasteiger charge is 2.28. The standard InChI is InChI=1S/C12H12F2O4/c1-2-18-12(17)8(11(15)16)5-7-3-4-9(13)10(14)6-7/h3-4,6,8H,2,5H2,1H3,(H,15,16). The maximum absolute atomic E-state index is 12.9. The zero-order valence-electron chi connectivity index (χ0n) is 9.65. The summed E-state index contributed by atoms with van der Waals surface area (Å²) in [6.45, 7) is 1.61. The van der Waals surface area contributed by atoms with Crippen LogP contribution >= 0.6 is 0 Å². The molecule has 0 saturated heterocycles. The first-order valence-corrected chi connectivity index (χ1v) is 5.29. The summed E-state index contributed by atoms with van der Waals surface area (Å²) < 4.78 is 30.2. The fraction of sp³-hybridized carbons (Fsp3) is 0.333. The third kappa shape index (κ3) is 3.51. The zero-order chi connectivity index (χ0) is 13.7. The van der Waals surface area contributed by atoms with Crippen LogP contribution in [0.4, 0.5) is 8.78 Å². The second-order valence-corrected chi connectivity index (χ2v) is 3.60. The number of hydrogen-bond acceptors (Lipinski definition) is 3. The van der Waals surface area contributed by atoms with Gasteiger partial charge in [-0.15, -0.1) is 0 Å². The van der Waals surface area contributed by atoms with E-state index in [1.165, 1.54) is 6.07 Å². The normalized spacial score (nSPS) is 11.9. The minimum absolute atomic E-state index is 0.0559. The van der Waals surface area contributed by atoms with E-state index in [4.69, 9.17) is 5.11 Å². The van der Waals surface area contributed by atoms with Crippen LogP contribution in [0.25, 0.3) is 0 Å². The van der Waals surface area contributed by atoms with Crippen molar-refractivity contribution in [2.45, 2.75) is 13.3 Å². The molecule has 0 aliphatic carbocycles. The molecule has 0 amide bonds. The topological polar surface area (TPSA) is 63.6 Å². The van der Waals surface area contributed by atoms with Crippen LogP contribution in [0.3, 0.4) is 0 Å². The van der Waals surface area contributed by atoms with Gasteiger partial charge in [0.15, 0.2) is 17.6 Å². The number of esters is 1. The van der Waals surface area contributed by atoms with Gasteiger partial charge >= 0.3 is 11.9 Å². The van der Waals surface area contributed by atoms with Gasteiger partial charge in [0.05, 0.1) is 6.61 Å². The van der Waals surface area contributed by atoms with Crippen LogP contribution in [0.1, 0.15) is 12.5 Å². The minimum atomic E-state index is -1.42. The van der Waals surface area contributed by atoms with Gasteiger partial charge in [-0.1, -0.05) is 6.07 Å². The zero-order valence-corrected chi connectivity index (χ0v) is 9.65. The SMILES string of the molecule is CCOC(=O)C(Cc1ccc(F)c(F)c1)C(=O)O. The van der Waals surface area contributed by atoms with Gasteiger partial charge in [-0.25, -0.2) is 8.78 Å². The Morgan fingerprint density at radius 3 is 2.50 bits per heavy atom. The molecule has 0 spiro atoms. The molecule has 1 rings (SSSR count). The Kier molecular flexibility index (Phi) is 4.76. The first-order chi connectivity index (χ1) is 8.45. The molecule has 1 N–H and O–H groups in total. The molecule has 0 fully saturated rings. The maximum atomic E-state index is 12.9. The lowest BCUT2D eigenvalue weighted by Crippen LogP contribution is -2.28. The molecule has 0 aliphatic rings. The Balaban J connectivity index is 2.86. The van der Waals surface area contributed by atoms with Gasteiger partial charge in [-0.05, 0) is 31.0 Å². The minimum Gasteiger partial charge on any atom is -0.481 e. The highest BCUT2D eigenvalue weighted by molar-refractivity contribution is 5.94. The number of rotatable bonds is 5. The van der Waals surface area contributed by atoms with Gasteiger partial charge in [0.2, 0.25) is 0 Å². The van der Waals surface area contributed by atoms with E-state index in [2.05, 4.69) is 4.74 Å². The molecule has 0 radical (unpaired) electrons. The van der Waals surface area contributed by atoms with Crippen LogP contribution in [0.15, 0.2) is 18.2 Å². The third-order valence-corrected chi connectivity index (χ3v) is 2.29. The van der Waals surface area contributed by atoms with Gasteiger partial charge in [0.1, 0.15) is 0 Å². The van der Waals surface area contributed by atoms with Crippen LogP contribution in [-0.4, -0.2) is 23.7 Å². The second kappa shape index (κ2) is 6.09. The van der Waals surface area contributed by atoms with Crippen LogP contribution in [0.5, 0.6) is 0 Å². The molecule has 0 heterocycles. The average molecular weight is 258 g/mol. The van der Waals surface area contributed by atoms with Gasteiger partial charge in [-0.2, -0.15) is 0 Å². The lowest BCUT2D eigenvalue weighted by atomic mass is 9.99. The molecule has 0 aliphatic heterocycles. The van der Waals surface area contributed by atoms with Crippen molar-refractivity contribution in [1.82, 2.24) is 0 Å². The Hall–Kier alpha value is -1.98. The summed E-state index contributed by atoms with van der Waals surface area (Å²) >= 11 is 0. The lowest BCUT2D eigenvalue weighted by Gasteiger charge is -2.11. The number of halogens is 2. The smallest absolute Gasteiger partial charge is 0.320 e. The molecular formula is C12H12F2O4. The quantitative estimate of drug-likeness (QED) is 0.645. The molecule has 0 aromatic heterocycles. The van der Waals surface area contributed by atoms with Crippen molar-refractivity contribution in [3.05, 3.63) is 35.4 Å². The summed E-state index contributed by atoms with van der Waals surface area (Å²) in [4.78, 5) is 22.3. The van der Waals surface area contributed by atoms with E-state index in [0.717, 1.165) is 12.1 Å². The van der Waals surface area contributed by atoms with Crippen LogP contribution in [0, 0.1) is 17.6 Å². The van der Waals surface area contributed by atoms with Gasteiger partial charge < -0.3 is 9.84 Å². The van der Waals surface area contributed by atoms with Gasteiger partial charge in [0, 0.05) is 0 Å². The molecule has 0 saturated carbocycles. The van der Waals surface area contributed by atoms with Crippen molar-refractivity contribution in [2.24, 2.45) is 5.92 Å². The van der Waals surface area contributed by atoms with E-state index in [9.17, 15) is 18.4 Å². The molecule has 6 heteroatoms. The fourth-order valence-corrected chi connectivity index (χ4v) is 1.42. The Labute approximate surface area is 102 Å². The van der Waals surface area contributed by atoms with Crippen molar-refractivity contribution in [1.29, 1.82) is 0 Å². The van der Waals surface area contributed by atoms with Crippen LogP contribution in [0.2, 0.25) is 0 Å². The molecular weight excluding hydrogens is 246 g/mol. The van der Waals surface area contributed by atoms with Crippen molar-refractivity contribution < 1.29 is 28.2 Å². The van der Waals surface area contributed by atoms with Gasteiger partial charge in [-0.3, -0.25) is 9.59 Å². The first-order valence-electron chi connectivity index (χ1n) is 5.29. The fourth-order valence-electron chi connectivity index (χ4n) is 1.42. The number of carbonyl (C=O) groups excluding carboxylic acids is 1. The van der Waals surface area contributed by atoms with E-state index in [-0.39, 0.29) is 18.6 Å². The number of carboxylic acids is 1. The van der Waals surface area contributed by atoms with Gasteiger partial charge in [0.25, 0.3) is 0 Å². The van der Waals surface area contributed by atoms with E-state index < -0.39 is 29.5 Å². The van der Waals surface area contributed by atoms with Crippen molar-refractivity contribution in [3.63, 3.8) is 0 Å². The van der Waals surface area contributed by atoms with Crippen LogP contribution in [-0.2, 0) is 20.7 Å². The summed E-state index contributed by atoms with van der Waals surface area (Å²) in [6, 6.07) is 2.98. The molecule has 1 aromatic rings. The first kappa shape index (κ1) is 14.1. The lowest BCUT2D eigenvalue weighted by molar-refractivity contribution is -0.158. The predicted molar refractivity (Wildman–Crippen MR) is 57.8 cm³/mol. The number of benzene rings is 1. The Morgan fingerprint density at radius 2 is 2.00 bits per heavy atom. The third-order valence-electron chi connectivity index (χ3n) is 2.29. The number of aliphatic carboxylic acids is 1. The number of carboxylic acid groups (broad SMARTS) is 1. The summed E-state index contributed by atoms with van der Waals surface area (Å²) in [5.41, 5.74) is 0.217. The summed E-state index contributed by atoms with van der Waals surface area (Å²) in [5.74, 6) is -5.79. The maximum Gasteiger partial charge on any atom is 0.320 e. The molecule has 1 aromatic carbocycles. The largest absolute Gasteiger partial charge is 0.481 e. The number of carbonyl (C=O) groups is 2. The highest BCUT2D eigenvalue weighted by Crippen LogP contribution is 2.14. The van der Waals surface area contributed by atoms with E-state index in [1.807, 2.05) is 0 Å². The molecule has 1 atom stereocenters. The Bertz CT molecular complexity index is 459. The number of ether oxygens (including phenoxy) is 1. The average Bonchev–Trinajstić information content (AvgIpc) is 2.30. The molecule has 0 bridgehead atoms. The second-order valence-electron chi connectivity index (χ2n) is 3.60. The number of hydrogen-bond donors (Lipinski definition) is 1. The van der Waals surface area contributed by atoms with Crippen molar-refractivity contribution >= 4 is 11.9 Å². The highest BCUT2D eigenvalue weighted by atomic mass is 19.2. The Morgan fingerprint density at radius 1 is 1.33 bits per heavy atom. The molecule has 4 nitrogen and oxygen atoms in total. The summed E-state index contributed by atoms with van der Waals surface area (Å²) in [7, 11) is 0. The summed E-state index contributed by atoms with van der Waals surface area (Å²) in [5, 5.41) is 8.89. The van der Waals surface area contributed by atoms with E-state index in [0.29, 0.717) is 0 Å². The van der Waals surface area contributed by atoms with E-state index in [1.54, 1.807) is 6.92 Å². The summed E-state index contributed by atoms with van der Waals surface area (Å²) in [6.07, 6.45) is -0.245. The predicted octanol–water partition coefficient (Wildman–Crippen LogP) is 1.77. The molecule has 18 heavy (non-hydrogen) atoms. The molecule has 98 valence electrons. The monoisotopic (exact) mass is 258 g/mol. The molecule has 1 unspecified atom stereocenters.